The van der Waals surface area contributed by atoms with E-state index in [0.29, 0.717) is 5.82 Å². The van der Waals surface area contributed by atoms with Crippen LogP contribution in [0.4, 0.5) is 5.82 Å². The molecule has 6 heteroatoms. The molecule has 0 bridgehead atoms. The van der Waals surface area contributed by atoms with Crippen LogP contribution in [0.1, 0.15) is 11.1 Å². The number of nitrogens with one attached hydrogen (secondary N) is 2. The van der Waals surface area contributed by atoms with E-state index in [1.165, 1.54) is 0 Å². The van der Waals surface area contributed by atoms with E-state index in [1.54, 1.807) is 24.4 Å². The van der Waals surface area contributed by atoms with Gasteiger partial charge in [-0.2, -0.15) is 0 Å². The van der Waals surface area contributed by atoms with Crippen molar-refractivity contribution in [3.05, 3.63) is 59.8 Å². The van der Waals surface area contributed by atoms with Gasteiger partial charge in [0, 0.05) is 12.7 Å². The molecule has 0 aliphatic heterocycles. The van der Waals surface area contributed by atoms with E-state index in [9.17, 15) is 8.42 Å². The zero-order valence-electron chi connectivity index (χ0n) is 11.2. The van der Waals surface area contributed by atoms with Crippen molar-refractivity contribution in [2.24, 2.45) is 0 Å². The molecule has 0 fully saturated rings. The maximum atomic E-state index is 12.0. The molecule has 0 saturated carbocycles. The second-order valence-corrected chi connectivity index (χ2v) is 6.15. The van der Waals surface area contributed by atoms with Crippen LogP contribution in [-0.2, 0) is 22.3 Å². The van der Waals surface area contributed by atoms with E-state index >= 15 is 0 Å². The second-order valence-electron chi connectivity index (χ2n) is 4.42. The summed E-state index contributed by atoms with van der Waals surface area (Å²) in [6.45, 7) is 0.763. The summed E-state index contributed by atoms with van der Waals surface area (Å²) in [4.78, 5) is 3.95. The van der Waals surface area contributed by atoms with Crippen molar-refractivity contribution < 1.29 is 8.42 Å². The molecule has 0 aliphatic rings. The van der Waals surface area contributed by atoms with Gasteiger partial charge in [0.15, 0.2) is 0 Å². The number of hydrogen-bond donors (Lipinski definition) is 2. The lowest BCUT2D eigenvalue weighted by Crippen LogP contribution is -2.15. The first kappa shape index (κ1) is 14.5. The van der Waals surface area contributed by atoms with Crippen LogP contribution >= 0.6 is 0 Å². The number of pyridine rings is 1. The monoisotopic (exact) mass is 291 g/mol. The SMILES string of the molecule is CNCc1ccc(CS(=O)(=O)Nc2ccccn2)cc1. The zero-order valence-corrected chi connectivity index (χ0v) is 12.0. The molecule has 2 aromatic rings. The Morgan fingerprint density at radius 1 is 1.05 bits per heavy atom. The number of aromatic nitrogens is 1. The highest BCUT2D eigenvalue weighted by atomic mass is 32.2. The van der Waals surface area contributed by atoms with E-state index in [1.807, 2.05) is 31.3 Å². The molecule has 1 aromatic heterocycles. The summed E-state index contributed by atoms with van der Waals surface area (Å²) in [6.07, 6.45) is 1.55. The van der Waals surface area contributed by atoms with Crippen molar-refractivity contribution >= 4 is 15.8 Å². The molecule has 0 atom stereocenters. The summed E-state index contributed by atoms with van der Waals surface area (Å²) < 4.78 is 26.5. The van der Waals surface area contributed by atoms with E-state index in [4.69, 9.17) is 0 Å². The molecule has 0 unspecified atom stereocenters. The van der Waals surface area contributed by atoms with Gasteiger partial charge in [-0.25, -0.2) is 13.4 Å². The fourth-order valence-corrected chi connectivity index (χ4v) is 2.94. The average molecular weight is 291 g/mol. The summed E-state index contributed by atoms with van der Waals surface area (Å²) >= 11 is 0. The van der Waals surface area contributed by atoms with Gasteiger partial charge in [0.25, 0.3) is 0 Å². The van der Waals surface area contributed by atoms with E-state index in [2.05, 4.69) is 15.0 Å². The quantitative estimate of drug-likeness (QED) is 0.850. The van der Waals surface area contributed by atoms with E-state index < -0.39 is 10.0 Å². The Balaban J connectivity index is 2.04. The fourth-order valence-electron chi connectivity index (χ4n) is 1.80. The molecule has 2 N–H and O–H groups in total. The molecular formula is C14H17N3O2S. The average Bonchev–Trinajstić information content (AvgIpc) is 2.41. The van der Waals surface area contributed by atoms with Crippen LogP contribution < -0.4 is 10.0 Å². The van der Waals surface area contributed by atoms with E-state index in [-0.39, 0.29) is 5.75 Å². The third-order valence-corrected chi connectivity index (χ3v) is 3.92. The molecule has 0 spiro atoms. The summed E-state index contributed by atoms with van der Waals surface area (Å²) in [5, 5.41) is 3.05. The highest BCUT2D eigenvalue weighted by Crippen LogP contribution is 2.11. The van der Waals surface area contributed by atoms with Gasteiger partial charge in [0.2, 0.25) is 10.0 Å². The Bertz CT molecular complexity index is 640. The predicted octanol–water partition coefficient (Wildman–Crippen LogP) is 1.74. The summed E-state index contributed by atoms with van der Waals surface area (Å²) in [5.74, 6) is 0.267. The number of hydrogen-bond acceptors (Lipinski definition) is 4. The van der Waals surface area contributed by atoms with E-state index in [0.717, 1.165) is 17.7 Å². The third-order valence-electron chi connectivity index (χ3n) is 2.69. The van der Waals surface area contributed by atoms with Gasteiger partial charge in [0.1, 0.15) is 5.82 Å². The van der Waals surface area contributed by atoms with Gasteiger partial charge in [-0.3, -0.25) is 4.72 Å². The second kappa shape index (κ2) is 6.49. The van der Waals surface area contributed by atoms with Crippen molar-refractivity contribution in [3.63, 3.8) is 0 Å². The predicted molar refractivity (Wildman–Crippen MR) is 79.7 cm³/mol. The van der Waals surface area contributed by atoms with Gasteiger partial charge in [-0.1, -0.05) is 30.3 Å². The lowest BCUT2D eigenvalue weighted by atomic mass is 10.1. The van der Waals surface area contributed by atoms with Crippen LogP contribution in [0, 0.1) is 0 Å². The highest BCUT2D eigenvalue weighted by Gasteiger charge is 2.12. The smallest absolute Gasteiger partial charge is 0.238 e. The molecule has 1 aromatic carbocycles. The van der Waals surface area contributed by atoms with Gasteiger partial charge in [0.05, 0.1) is 5.75 Å². The fraction of sp³-hybridized carbons (Fsp3) is 0.214. The number of sulfonamides is 1. The molecule has 5 nitrogen and oxygen atoms in total. The highest BCUT2D eigenvalue weighted by molar-refractivity contribution is 7.91. The van der Waals surface area contributed by atoms with Crippen LogP contribution in [-0.4, -0.2) is 20.4 Å². The number of rotatable bonds is 6. The summed E-state index contributed by atoms with van der Waals surface area (Å²) in [5.41, 5.74) is 1.86. The van der Waals surface area contributed by atoms with Crippen LogP contribution in [0.3, 0.4) is 0 Å². The minimum atomic E-state index is -3.44. The standard InChI is InChI=1S/C14H17N3O2S/c1-15-10-12-5-7-13(8-6-12)11-20(18,19)17-14-4-2-3-9-16-14/h2-9,15H,10-11H2,1H3,(H,16,17). The van der Waals surface area contributed by atoms with Crippen molar-refractivity contribution in [2.75, 3.05) is 11.8 Å². The molecule has 0 amide bonds. The largest absolute Gasteiger partial charge is 0.316 e. The molecule has 0 radical (unpaired) electrons. The maximum Gasteiger partial charge on any atom is 0.238 e. The van der Waals surface area contributed by atoms with Gasteiger partial charge < -0.3 is 5.32 Å². The van der Waals surface area contributed by atoms with Crippen molar-refractivity contribution in [2.45, 2.75) is 12.3 Å². The van der Waals surface area contributed by atoms with Crippen LogP contribution in [0.5, 0.6) is 0 Å². The lowest BCUT2D eigenvalue weighted by molar-refractivity contribution is 0.600. The molecule has 20 heavy (non-hydrogen) atoms. The molecule has 0 saturated heterocycles. The Morgan fingerprint density at radius 3 is 2.35 bits per heavy atom. The number of nitrogens with zero attached hydrogens (tertiary/aromatic N) is 1. The minimum absolute atomic E-state index is 0.0661. The first-order valence-corrected chi connectivity index (χ1v) is 7.88. The summed E-state index contributed by atoms with van der Waals surface area (Å²) in [6, 6.07) is 12.6. The molecule has 1 heterocycles. The van der Waals surface area contributed by atoms with Gasteiger partial charge in [-0.15, -0.1) is 0 Å². The van der Waals surface area contributed by atoms with Crippen LogP contribution in [0.25, 0.3) is 0 Å². The topological polar surface area (TPSA) is 71.1 Å². The van der Waals surface area contributed by atoms with Crippen molar-refractivity contribution in [3.8, 4) is 0 Å². The first-order chi connectivity index (χ1) is 9.59. The first-order valence-electron chi connectivity index (χ1n) is 6.23. The number of anilines is 1. The Kier molecular flexibility index (Phi) is 4.70. The molecule has 2 rings (SSSR count). The minimum Gasteiger partial charge on any atom is -0.316 e. The molecular weight excluding hydrogens is 274 g/mol. The zero-order chi connectivity index (χ0) is 14.4. The van der Waals surface area contributed by atoms with Crippen LogP contribution in [0.15, 0.2) is 48.7 Å². The molecule has 0 aliphatic carbocycles. The lowest BCUT2D eigenvalue weighted by Gasteiger charge is -2.08. The van der Waals surface area contributed by atoms with Gasteiger partial charge in [-0.05, 0) is 30.3 Å². The normalized spacial score (nSPS) is 11.2. The summed E-state index contributed by atoms with van der Waals surface area (Å²) in [7, 11) is -1.57. The molecule has 106 valence electrons. The van der Waals surface area contributed by atoms with Crippen molar-refractivity contribution in [1.82, 2.24) is 10.3 Å². The number of benzene rings is 1. The van der Waals surface area contributed by atoms with Crippen LogP contribution in [0.2, 0.25) is 0 Å². The Labute approximate surface area is 119 Å². The maximum absolute atomic E-state index is 12.0. The Morgan fingerprint density at radius 2 is 1.75 bits per heavy atom. The Hall–Kier alpha value is -1.92. The third kappa shape index (κ3) is 4.32. The van der Waals surface area contributed by atoms with Crippen molar-refractivity contribution in [1.29, 1.82) is 0 Å². The van der Waals surface area contributed by atoms with Gasteiger partial charge >= 0.3 is 0 Å².